The highest BCUT2D eigenvalue weighted by Crippen LogP contribution is 2.17. The first-order valence-electron chi connectivity index (χ1n) is 8.82. The van der Waals surface area contributed by atoms with Crippen molar-refractivity contribution in [2.45, 2.75) is 33.7 Å². The van der Waals surface area contributed by atoms with E-state index >= 15 is 0 Å². The molecule has 0 radical (unpaired) electrons. The van der Waals surface area contributed by atoms with E-state index in [0.717, 1.165) is 0 Å². The molecule has 0 bridgehead atoms. The fourth-order valence-corrected chi connectivity index (χ4v) is 2.53. The van der Waals surface area contributed by atoms with E-state index in [-0.39, 0.29) is 36.8 Å². The molecule has 0 saturated heterocycles. The van der Waals surface area contributed by atoms with Gasteiger partial charge in [-0.25, -0.2) is 9.07 Å². The van der Waals surface area contributed by atoms with Crippen molar-refractivity contribution in [3.63, 3.8) is 0 Å². The fraction of sp³-hybridized carbons (Fsp3) is 0.421. The summed E-state index contributed by atoms with van der Waals surface area (Å²) in [4.78, 5) is 26.0. The van der Waals surface area contributed by atoms with Crippen LogP contribution in [0.4, 0.5) is 10.2 Å². The highest BCUT2D eigenvalue weighted by Gasteiger charge is 2.19. The lowest BCUT2D eigenvalue weighted by Gasteiger charge is -2.24. The van der Waals surface area contributed by atoms with Crippen molar-refractivity contribution in [1.29, 1.82) is 0 Å². The molecular formula is C19H25FN4O3. The van der Waals surface area contributed by atoms with Crippen LogP contribution in [0, 0.1) is 12.7 Å². The second-order valence-corrected chi connectivity index (χ2v) is 6.41. The predicted octanol–water partition coefficient (Wildman–Crippen LogP) is 2.53. The Morgan fingerprint density at radius 3 is 2.52 bits per heavy atom. The standard InChI is InChI=1S/C19H25FN4O3/c1-5-27-19(26)12-23(13(2)3)11-18(25)21-17-10-14(4)22-24(17)16-8-6-15(20)7-9-16/h6-10,13H,5,11-12H2,1-4H3,(H,21,25). The minimum atomic E-state index is -0.369. The average Bonchev–Trinajstić information content (AvgIpc) is 2.95. The molecule has 0 fully saturated rings. The molecule has 0 saturated carbocycles. The van der Waals surface area contributed by atoms with Crippen molar-refractivity contribution in [3.8, 4) is 5.69 Å². The molecule has 1 amide bonds. The monoisotopic (exact) mass is 376 g/mol. The van der Waals surface area contributed by atoms with Crippen LogP contribution in [0.25, 0.3) is 5.69 Å². The van der Waals surface area contributed by atoms with Gasteiger partial charge >= 0.3 is 5.97 Å². The largest absolute Gasteiger partial charge is 0.465 e. The third-order valence-corrected chi connectivity index (χ3v) is 3.88. The molecule has 1 N–H and O–H groups in total. The van der Waals surface area contributed by atoms with Crippen LogP contribution in [0.5, 0.6) is 0 Å². The second kappa shape index (κ2) is 9.27. The Bertz CT molecular complexity index is 787. The molecule has 0 aliphatic heterocycles. The summed E-state index contributed by atoms with van der Waals surface area (Å²) < 4.78 is 19.6. The summed E-state index contributed by atoms with van der Waals surface area (Å²) in [6.45, 7) is 7.71. The SMILES string of the molecule is CCOC(=O)CN(CC(=O)Nc1cc(C)nn1-c1ccc(F)cc1)C(C)C. The Morgan fingerprint density at radius 1 is 1.26 bits per heavy atom. The number of amides is 1. The summed E-state index contributed by atoms with van der Waals surface area (Å²) in [5, 5.41) is 7.15. The van der Waals surface area contributed by atoms with E-state index in [1.54, 1.807) is 36.9 Å². The van der Waals surface area contributed by atoms with Gasteiger partial charge in [0.25, 0.3) is 0 Å². The highest BCUT2D eigenvalue weighted by molar-refractivity contribution is 5.92. The van der Waals surface area contributed by atoms with E-state index in [2.05, 4.69) is 10.4 Å². The topological polar surface area (TPSA) is 76.5 Å². The number of aryl methyl sites for hydroxylation is 1. The Balaban J connectivity index is 2.10. The number of halogens is 1. The molecule has 0 aliphatic carbocycles. The zero-order valence-electron chi connectivity index (χ0n) is 16.0. The van der Waals surface area contributed by atoms with Crippen LogP contribution < -0.4 is 5.32 Å². The first kappa shape index (κ1) is 20.6. The molecule has 0 unspecified atom stereocenters. The molecule has 2 aromatic rings. The van der Waals surface area contributed by atoms with Gasteiger partial charge in [0.2, 0.25) is 5.91 Å². The zero-order valence-corrected chi connectivity index (χ0v) is 16.0. The van der Waals surface area contributed by atoms with Gasteiger partial charge in [0.1, 0.15) is 11.6 Å². The summed E-state index contributed by atoms with van der Waals surface area (Å²) in [6.07, 6.45) is 0. The minimum Gasteiger partial charge on any atom is -0.465 e. The number of hydrogen-bond donors (Lipinski definition) is 1. The number of aromatic nitrogens is 2. The van der Waals surface area contributed by atoms with Crippen LogP contribution in [-0.2, 0) is 14.3 Å². The number of anilines is 1. The number of hydrogen-bond acceptors (Lipinski definition) is 5. The Hall–Kier alpha value is -2.74. The molecule has 0 spiro atoms. The number of carbonyl (C=O) groups is 2. The third kappa shape index (κ3) is 5.89. The van der Waals surface area contributed by atoms with Crippen LogP contribution >= 0.6 is 0 Å². The molecule has 7 nitrogen and oxygen atoms in total. The average molecular weight is 376 g/mol. The first-order valence-corrected chi connectivity index (χ1v) is 8.82. The Kier molecular flexibility index (Phi) is 7.06. The van der Waals surface area contributed by atoms with Crippen LogP contribution in [0.2, 0.25) is 0 Å². The summed E-state index contributed by atoms with van der Waals surface area (Å²) in [5.74, 6) is -0.522. The number of carbonyl (C=O) groups excluding carboxylic acids is 2. The van der Waals surface area contributed by atoms with Gasteiger partial charge < -0.3 is 10.1 Å². The van der Waals surface area contributed by atoms with Crippen LogP contribution in [-0.4, -0.2) is 52.3 Å². The molecular weight excluding hydrogens is 351 g/mol. The van der Waals surface area contributed by atoms with E-state index in [0.29, 0.717) is 23.8 Å². The first-order chi connectivity index (χ1) is 12.8. The lowest BCUT2D eigenvalue weighted by Crippen LogP contribution is -2.41. The van der Waals surface area contributed by atoms with Crippen molar-refractivity contribution < 1.29 is 18.7 Å². The van der Waals surface area contributed by atoms with Crippen molar-refractivity contribution >= 4 is 17.7 Å². The van der Waals surface area contributed by atoms with Crippen molar-refractivity contribution in [2.24, 2.45) is 0 Å². The number of ether oxygens (including phenoxy) is 1. The Labute approximate surface area is 158 Å². The maximum atomic E-state index is 13.2. The van der Waals surface area contributed by atoms with Crippen molar-refractivity contribution in [2.75, 3.05) is 25.0 Å². The van der Waals surface area contributed by atoms with E-state index in [4.69, 9.17) is 4.74 Å². The van der Waals surface area contributed by atoms with E-state index in [1.165, 1.54) is 16.8 Å². The lowest BCUT2D eigenvalue weighted by molar-refractivity contribution is -0.145. The quantitative estimate of drug-likeness (QED) is 0.717. The van der Waals surface area contributed by atoms with E-state index in [9.17, 15) is 14.0 Å². The van der Waals surface area contributed by atoms with Gasteiger partial charge in [0.05, 0.1) is 31.1 Å². The van der Waals surface area contributed by atoms with Gasteiger partial charge in [-0.1, -0.05) is 0 Å². The molecule has 1 aromatic carbocycles. The molecule has 1 aromatic heterocycles. The molecule has 0 aliphatic rings. The Morgan fingerprint density at radius 2 is 1.93 bits per heavy atom. The predicted molar refractivity (Wildman–Crippen MR) is 100 cm³/mol. The van der Waals surface area contributed by atoms with E-state index < -0.39 is 0 Å². The summed E-state index contributed by atoms with van der Waals surface area (Å²) in [5.41, 5.74) is 1.34. The normalized spacial score (nSPS) is 11.1. The summed E-state index contributed by atoms with van der Waals surface area (Å²) >= 11 is 0. The van der Waals surface area contributed by atoms with Crippen molar-refractivity contribution in [1.82, 2.24) is 14.7 Å². The molecule has 0 atom stereocenters. The number of esters is 1. The third-order valence-electron chi connectivity index (χ3n) is 3.88. The summed E-state index contributed by atoms with van der Waals surface area (Å²) in [6, 6.07) is 7.54. The van der Waals surface area contributed by atoms with Crippen LogP contribution in [0.3, 0.4) is 0 Å². The minimum absolute atomic E-state index is 0.0103. The second-order valence-electron chi connectivity index (χ2n) is 6.41. The van der Waals surface area contributed by atoms with Crippen LogP contribution in [0.15, 0.2) is 30.3 Å². The van der Waals surface area contributed by atoms with Gasteiger partial charge in [-0.2, -0.15) is 5.10 Å². The van der Waals surface area contributed by atoms with Gasteiger partial charge in [0, 0.05) is 12.1 Å². The maximum absolute atomic E-state index is 13.2. The number of nitrogens with one attached hydrogen (secondary N) is 1. The number of benzene rings is 1. The maximum Gasteiger partial charge on any atom is 0.320 e. The highest BCUT2D eigenvalue weighted by atomic mass is 19.1. The summed E-state index contributed by atoms with van der Waals surface area (Å²) in [7, 11) is 0. The zero-order chi connectivity index (χ0) is 20.0. The van der Waals surface area contributed by atoms with Gasteiger partial charge in [-0.3, -0.25) is 14.5 Å². The van der Waals surface area contributed by atoms with Crippen LogP contribution in [0.1, 0.15) is 26.5 Å². The number of nitrogens with zero attached hydrogens (tertiary/aromatic N) is 3. The fourth-order valence-electron chi connectivity index (χ4n) is 2.53. The number of rotatable bonds is 8. The molecule has 8 heteroatoms. The van der Waals surface area contributed by atoms with E-state index in [1.807, 2.05) is 13.8 Å². The van der Waals surface area contributed by atoms with Gasteiger partial charge in [0.15, 0.2) is 0 Å². The van der Waals surface area contributed by atoms with Gasteiger partial charge in [-0.15, -0.1) is 0 Å². The molecule has 1 heterocycles. The van der Waals surface area contributed by atoms with Crippen molar-refractivity contribution in [3.05, 3.63) is 41.8 Å². The van der Waals surface area contributed by atoms with Gasteiger partial charge in [-0.05, 0) is 52.0 Å². The lowest BCUT2D eigenvalue weighted by atomic mass is 10.3. The molecule has 146 valence electrons. The smallest absolute Gasteiger partial charge is 0.320 e. The molecule has 27 heavy (non-hydrogen) atoms. The molecule has 2 rings (SSSR count).